The molecule has 0 spiro atoms. The van der Waals surface area contributed by atoms with Gasteiger partial charge in [0.2, 0.25) is 11.8 Å². The van der Waals surface area contributed by atoms with Crippen LogP contribution in [0.1, 0.15) is 48.5 Å². The molecule has 1 aliphatic heterocycles. The molecule has 2 aromatic carbocycles. The Bertz CT molecular complexity index is 1470. The summed E-state index contributed by atoms with van der Waals surface area (Å²) in [5.74, 6) is -1.41. The average Bonchev–Trinajstić information content (AvgIpc) is 3.43. The largest absolute Gasteiger partial charge is 0.446 e. The summed E-state index contributed by atoms with van der Waals surface area (Å²) >= 11 is 5.82. The van der Waals surface area contributed by atoms with Gasteiger partial charge in [-0.3, -0.25) is 19.7 Å². The second kappa shape index (κ2) is 11.1. The SMILES string of the molecule is CC(=O)c1cn(CC(=O)N2CCC[C@H]2C(=O)NCc2cccc(Cl)c2F)c2ccc(NC(=O)OC3CC3)cc12. The van der Waals surface area contributed by atoms with Crippen LogP contribution in [0.5, 0.6) is 0 Å². The fraction of sp³-hybridized carbons (Fsp3) is 0.357. The van der Waals surface area contributed by atoms with Crippen LogP contribution in [0.3, 0.4) is 0 Å². The molecule has 9 nitrogen and oxygen atoms in total. The molecule has 0 radical (unpaired) electrons. The molecule has 1 atom stereocenters. The number of hydrogen-bond donors (Lipinski definition) is 2. The quantitative estimate of drug-likeness (QED) is 0.394. The number of anilines is 1. The number of Topliss-reactive ketones (excluding diaryl/α,β-unsaturated/α-hetero) is 1. The first kappa shape index (κ1) is 26.7. The van der Waals surface area contributed by atoms with E-state index in [-0.39, 0.29) is 47.4 Å². The fourth-order valence-electron chi connectivity index (χ4n) is 4.83. The number of amides is 3. The van der Waals surface area contributed by atoms with Gasteiger partial charge in [0.25, 0.3) is 0 Å². The number of fused-ring (bicyclic) bond motifs is 1. The zero-order chi connectivity index (χ0) is 27.7. The van der Waals surface area contributed by atoms with Crippen molar-refractivity contribution in [2.75, 3.05) is 11.9 Å². The summed E-state index contributed by atoms with van der Waals surface area (Å²) < 4.78 is 21.1. The maximum atomic E-state index is 14.2. The van der Waals surface area contributed by atoms with Crippen LogP contribution in [0, 0.1) is 5.82 Å². The van der Waals surface area contributed by atoms with E-state index in [1.807, 2.05) is 0 Å². The van der Waals surface area contributed by atoms with Crippen LogP contribution in [0.15, 0.2) is 42.6 Å². The minimum Gasteiger partial charge on any atom is -0.446 e. The summed E-state index contributed by atoms with van der Waals surface area (Å²) in [7, 11) is 0. The van der Waals surface area contributed by atoms with E-state index in [9.17, 15) is 23.6 Å². The first-order valence-electron chi connectivity index (χ1n) is 12.8. The minimum atomic E-state index is -0.679. The van der Waals surface area contributed by atoms with Crippen molar-refractivity contribution in [2.45, 2.75) is 57.8 Å². The normalized spacial score (nSPS) is 16.8. The van der Waals surface area contributed by atoms with Crippen LogP contribution in [0.4, 0.5) is 14.9 Å². The highest BCUT2D eigenvalue weighted by atomic mass is 35.5. The first-order valence-corrected chi connectivity index (χ1v) is 13.2. The van der Waals surface area contributed by atoms with E-state index < -0.39 is 18.0 Å². The Balaban J connectivity index is 1.29. The number of ketones is 1. The summed E-state index contributed by atoms with van der Waals surface area (Å²) in [6.07, 6.45) is 3.90. The number of halogens is 2. The molecule has 1 aliphatic carbocycles. The van der Waals surface area contributed by atoms with Gasteiger partial charge in [0.1, 0.15) is 24.5 Å². The summed E-state index contributed by atoms with van der Waals surface area (Å²) in [6.45, 7) is 1.73. The molecule has 11 heteroatoms. The summed E-state index contributed by atoms with van der Waals surface area (Å²) in [5.41, 5.74) is 1.80. The van der Waals surface area contributed by atoms with Crippen LogP contribution in [-0.2, 0) is 27.4 Å². The molecular formula is C28H28ClFN4O5. The number of hydrogen-bond acceptors (Lipinski definition) is 5. The topological polar surface area (TPSA) is 110 Å². The van der Waals surface area contributed by atoms with Crippen LogP contribution in [0.2, 0.25) is 5.02 Å². The standard InChI is InChI=1S/C28H28ClFN4O5/c1-16(35)21-14-33(23-10-7-18(12-20(21)23)32-28(38)39-19-8-9-19)15-25(36)34-11-3-6-24(34)27(37)31-13-17-4-2-5-22(29)26(17)30/h2,4-5,7,10,12,14,19,24H,3,6,8-9,11,13,15H2,1H3,(H,31,37)(H,32,38)/t24-/m0/s1. The summed E-state index contributed by atoms with van der Waals surface area (Å²) in [4.78, 5) is 52.2. The zero-order valence-corrected chi connectivity index (χ0v) is 22.1. The number of nitrogens with zero attached hydrogens (tertiary/aromatic N) is 2. The van der Waals surface area contributed by atoms with Crippen molar-refractivity contribution >= 4 is 51.9 Å². The molecule has 3 aromatic rings. The maximum absolute atomic E-state index is 14.2. The Kier molecular flexibility index (Phi) is 7.56. The van der Waals surface area contributed by atoms with Gasteiger partial charge in [0.05, 0.1) is 5.02 Å². The molecule has 3 amide bonds. The predicted octanol–water partition coefficient (Wildman–Crippen LogP) is 4.65. The molecule has 1 saturated carbocycles. The van der Waals surface area contributed by atoms with E-state index in [0.29, 0.717) is 41.5 Å². The van der Waals surface area contributed by atoms with Crippen LogP contribution >= 0.6 is 11.6 Å². The van der Waals surface area contributed by atoms with E-state index >= 15 is 0 Å². The molecule has 2 N–H and O–H groups in total. The van der Waals surface area contributed by atoms with Crippen LogP contribution in [0.25, 0.3) is 10.9 Å². The third-order valence-electron chi connectivity index (χ3n) is 6.97. The van der Waals surface area contributed by atoms with Crippen molar-refractivity contribution in [3.63, 3.8) is 0 Å². The van der Waals surface area contributed by atoms with Gasteiger partial charge in [-0.1, -0.05) is 23.7 Å². The number of carbonyl (C=O) groups excluding carboxylic acids is 4. The lowest BCUT2D eigenvalue weighted by Gasteiger charge is -2.24. The number of rotatable bonds is 8. The smallest absolute Gasteiger partial charge is 0.411 e. The molecule has 0 bridgehead atoms. The second-order valence-electron chi connectivity index (χ2n) is 9.86. The van der Waals surface area contributed by atoms with Crippen molar-refractivity contribution in [3.05, 3.63) is 64.6 Å². The van der Waals surface area contributed by atoms with E-state index in [0.717, 1.165) is 12.8 Å². The van der Waals surface area contributed by atoms with Crippen molar-refractivity contribution in [1.29, 1.82) is 0 Å². The van der Waals surface area contributed by atoms with Crippen molar-refractivity contribution in [1.82, 2.24) is 14.8 Å². The molecule has 1 saturated heterocycles. The lowest BCUT2D eigenvalue weighted by atomic mass is 10.1. The van der Waals surface area contributed by atoms with Gasteiger partial charge in [0, 0.05) is 47.0 Å². The molecule has 2 fully saturated rings. The van der Waals surface area contributed by atoms with Gasteiger partial charge in [-0.15, -0.1) is 0 Å². The van der Waals surface area contributed by atoms with Crippen molar-refractivity contribution < 1.29 is 28.3 Å². The molecule has 204 valence electrons. The molecule has 1 aromatic heterocycles. The highest BCUT2D eigenvalue weighted by Crippen LogP contribution is 2.28. The molecule has 0 unspecified atom stereocenters. The Labute approximate surface area is 229 Å². The third-order valence-corrected chi connectivity index (χ3v) is 7.26. The third kappa shape index (κ3) is 5.90. The molecular weight excluding hydrogens is 527 g/mol. The molecule has 2 aliphatic rings. The summed E-state index contributed by atoms with van der Waals surface area (Å²) in [6, 6.07) is 9.00. The lowest BCUT2D eigenvalue weighted by Crippen LogP contribution is -2.46. The average molecular weight is 555 g/mol. The Morgan fingerprint density at radius 1 is 1.13 bits per heavy atom. The number of carbonyl (C=O) groups is 4. The van der Waals surface area contributed by atoms with Crippen LogP contribution < -0.4 is 10.6 Å². The van der Waals surface area contributed by atoms with Gasteiger partial charge >= 0.3 is 6.09 Å². The summed E-state index contributed by atoms with van der Waals surface area (Å²) in [5, 5.41) is 5.97. The number of ether oxygens (including phenoxy) is 1. The van der Waals surface area contributed by atoms with Crippen molar-refractivity contribution in [2.24, 2.45) is 0 Å². The van der Waals surface area contributed by atoms with E-state index in [4.69, 9.17) is 16.3 Å². The zero-order valence-electron chi connectivity index (χ0n) is 21.3. The van der Waals surface area contributed by atoms with Gasteiger partial charge < -0.3 is 19.5 Å². The lowest BCUT2D eigenvalue weighted by molar-refractivity contribution is -0.138. The van der Waals surface area contributed by atoms with E-state index in [1.54, 1.807) is 41.1 Å². The van der Waals surface area contributed by atoms with Crippen molar-refractivity contribution in [3.8, 4) is 0 Å². The Morgan fingerprint density at radius 3 is 2.67 bits per heavy atom. The van der Waals surface area contributed by atoms with Gasteiger partial charge in [-0.2, -0.15) is 0 Å². The highest BCUT2D eigenvalue weighted by molar-refractivity contribution is 6.30. The van der Waals surface area contributed by atoms with Gasteiger partial charge in [-0.25, -0.2) is 9.18 Å². The second-order valence-corrected chi connectivity index (χ2v) is 10.3. The number of aromatic nitrogens is 1. The number of nitrogens with one attached hydrogen (secondary N) is 2. The van der Waals surface area contributed by atoms with Crippen LogP contribution in [-0.4, -0.2) is 51.8 Å². The molecule has 39 heavy (non-hydrogen) atoms. The molecule has 2 heterocycles. The molecule has 5 rings (SSSR count). The number of likely N-dealkylation sites (tertiary alicyclic amines) is 1. The monoisotopic (exact) mass is 554 g/mol. The predicted molar refractivity (Wildman–Crippen MR) is 143 cm³/mol. The fourth-order valence-corrected chi connectivity index (χ4v) is 5.02. The number of benzene rings is 2. The Hall–Kier alpha value is -3.92. The maximum Gasteiger partial charge on any atom is 0.411 e. The van der Waals surface area contributed by atoms with Gasteiger partial charge in [-0.05, 0) is 56.9 Å². The minimum absolute atomic E-state index is 0.0237. The first-order chi connectivity index (χ1) is 18.7. The Morgan fingerprint density at radius 2 is 1.92 bits per heavy atom. The highest BCUT2D eigenvalue weighted by Gasteiger charge is 2.34. The van der Waals surface area contributed by atoms with Gasteiger partial charge in [0.15, 0.2) is 5.78 Å². The van der Waals surface area contributed by atoms with E-state index in [2.05, 4.69) is 10.6 Å². The van der Waals surface area contributed by atoms with E-state index in [1.165, 1.54) is 17.9 Å².